The van der Waals surface area contributed by atoms with Crippen molar-refractivity contribution >= 4 is 20.8 Å². The van der Waals surface area contributed by atoms with Crippen LogP contribution in [0.3, 0.4) is 0 Å². The first-order chi connectivity index (χ1) is 25.8. The van der Waals surface area contributed by atoms with Crippen molar-refractivity contribution in [3.05, 3.63) is 142 Å². The van der Waals surface area contributed by atoms with Crippen molar-refractivity contribution in [3.8, 4) is 6.07 Å². The maximum absolute atomic E-state index is 8.45. The van der Waals surface area contributed by atoms with Gasteiger partial charge in [-0.15, -0.1) is 0 Å². The first-order valence-electron chi connectivity index (χ1n) is 18.2. The Morgan fingerprint density at radius 3 is 1.32 bits per heavy atom. The number of nitrogens with two attached hydrogens (primary N) is 4. The second-order valence-corrected chi connectivity index (χ2v) is 12.8. The molecule has 4 rings (SSSR count). The molecule has 10 N–H and O–H groups in total. The fourth-order valence-electron chi connectivity index (χ4n) is 5.13. The Kier molecular flexibility index (Phi) is 32.3. The van der Waals surface area contributed by atoms with Gasteiger partial charge in [0, 0.05) is 19.5 Å². The van der Waals surface area contributed by atoms with Crippen LogP contribution in [0.25, 0.3) is 0 Å². The molecule has 0 saturated carbocycles. The third-order valence-corrected chi connectivity index (χ3v) is 8.01. The second kappa shape index (κ2) is 34.5. The third kappa shape index (κ3) is 26.2. The fourth-order valence-corrected chi connectivity index (χ4v) is 5.28. The molecule has 0 aliphatic rings. The number of likely N-dealkylation sites (N-methyl/N-ethyl adjacent to an activating group) is 1. The zero-order valence-electron chi connectivity index (χ0n) is 32.1. The molecule has 0 spiro atoms. The van der Waals surface area contributed by atoms with Crippen LogP contribution in [0, 0.1) is 16.7 Å². The van der Waals surface area contributed by atoms with Gasteiger partial charge in [0.2, 0.25) is 0 Å². The zero-order valence-corrected chi connectivity index (χ0v) is 34.7. The average molecular weight is 776 g/mol. The molecule has 0 aliphatic carbocycles. The molecule has 0 heterocycles. The van der Waals surface area contributed by atoms with Gasteiger partial charge in [0.05, 0.1) is 12.5 Å². The van der Waals surface area contributed by atoms with E-state index in [0.29, 0.717) is 25.9 Å². The minimum absolute atomic E-state index is 0.450. The Balaban J connectivity index is 0.000000670. The summed E-state index contributed by atoms with van der Waals surface area (Å²) in [6.45, 7) is 4.99. The first-order valence-corrected chi connectivity index (χ1v) is 19.8. The van der Waals surface area contributed by atoms with Crippen molar-refractivity contribution < 1.29 is 17.0 Å². The number of hydrogen-bond acceptors (Lipinski definition) is 8. The number of nitrogens with one attached hydrogen (secondary N) is 2. The quantitative estimate of drug-likeness (QED) is 0.0649. The molecule has 0 radical (unpaired) electrons. The minimum atomic E-state index is 0.450. The Morgan fingerprint density at radius 2 is 0.981 bits per heavy atom. The van der Waals surface area contributed by atoms with E-state index in [9.17, 15) is 0 Å². The summed E-state index contributed by atoms with van der Waals surface area (Å²) >= 11 is 2.06. The Bertz CT molecular complexity index is 1520. The molecule has 8 nitrogen and oxygen atoms in total. The molecule has 4 aromatic carbocycles. The predicted molar refractivity (Wildman–Crippen MR) is 229 cm³/mol. The monoisotopic (exact) mass is 775 g/mol. The summed E-state index contributed by atoms with van der Waals surface area (Å²) in [6, 6.07) is 35.7. The van der Waals surface area contributed by atoms with E-state index in [2.05, 4.69) is 135 Å². The van der Waals surface area contributed by atoms with Gasteiger partial charge in [-0.05, 0) is 130 Å². The van der Waals surface area contributed by atoms with Crippen LogP contribution >= 0.6 is 9.39 Å². The van der Waals surface area contributed by atoms with Crippen molar-refractivity contribution in [1.82, 2.24) is 9.99 Å². The molecule has 0 fully saturated rings. The standard InChI is InChI=1S/C12H20N2.C10H17N2P.C10H16N2.C10H10N2.CH2.V/c1-14(2)9-7-12-5-3-4-11(10-12)6-8-13;11-6-4-9-2-1-3-10(8-9)5-7-12-13;2*11-6-4-9-2-1-3-10(8-9)5-7-12;;/h3-5,10H,6-9,13H2,1-2H3;1-3,8,12H,4-7,11,13H2;1-3,8H,4-7,11-12H2;1-3,6,8,11H,4-5H2;1H2;. The van der Waals surface area contributed by atoms with Crippen LogP contribution in [-0.4, -0.2) is 69.7 Å². The number of hydrogen-bond donors (Lipinski definition) is 6. The van der Waals surface area contributed by atoms with Crippen molar-refractivity contribution in [2.24, 2.45) is 22.9 Å². The van der Waals surface area contributed by atoms with Crippen molar-refractivity contribution in [2.45, 2.75) is 51.4 Å². The van der Waals surface area contributed by atoms with E-state index in [0.717, 1.165) is 75.8 Å². The molecular weight excluding hydrogens is 710 g/mol. The van der Waals surface area contributed by atoms with Crippen LogP contribution < -0.4 is 28.0 Å². The van der Waals surface area contributed by atoms with Crippen LogP contribution in [0.4, 0.5) is 0 Å². The summed E-state index contributed by atoms with van der Waals surface area (Å²) < 4.78 is 0. The van der Waals surface area contributed by atoms with E-state index in [1.54, 1.807) is 0 Å². The summed E-state index contributed by atoms with van der Waals surface area (Å²) in [5, 5.41) is 21.6. The summed E-state index contributed by atoms with van der Waals surface area (Å²) in [6.07, 6.45) is 8.53. The number of nitrogens with zero attached hydrogens (tertiary/aromatic N) is 2. The summed E-state index contributed by atoms with van der Waals surface area (Å²) in [5.74, 6) is 0. The molecule has 4 aromatic rings. The van der Waals surface area contributed by atoms with E-state index in [1.807, 2.05) is 24.3 Å². The van der Waals surface area contributed by atoms with Gasteiger partial charge in [0.15, 0.2) is 0 Å². The van der Waals surface area contributed by atoms with Gasteiger partial charge in [-0.2, -0.15) is 5.26 Å². The SMILES string of the molecule is CN(C)CCc1cccc(CCN)c1.N#CCc1cccc(CC=N)c1.NCCc1cccc(CCN)c1.NCCc1cccc(CCNP)c1.[CH2]=[V]. The molecule has 287 valence electrons. The molecule has 0 amide bonds. The summed E-state index contributed by atoms with van der Waals surface area (Å²) in [4.78, 5) is 2.20. The van der Waals surface area contributed by atoms with E-state index in [1.165, 1.54) is 39.6 Å². The molecule has 0 saturated heterocycles. The van der Waals surface area contributed by atoms with Gasteiger partial charge in [-0.3, -0.25) is 0 Å². The van der Waals surface area contributed by atoms with Gasteiger partial charge in [-0.1, -0.05) is 106 Å². The van der Waals surface area contributed by atoms with E-state index >= 15 is 0 Å². The van der Waals surface area contributed by atoms with Crippen LogP contribution in [0.1, 0.15) is 44.5 Å². The van der Waals surface area contributed by atoms with Crippen LogP contribution in [0.15, 0.2) is 97.1 Å². The van der Waals surface area contributed by atoms with E-state index < -0.39 is 0 Å². The molecule has 53 heavy (non-hydrogen) atoms. The molecular formula is C43H65N8PV. The second-order valence-electron chi connectivity index (χ2n) is 12.4. The normalized spacial score (nSPS) is 9.77. The van der Waals surface area contributed by atoms with E-state index in [-0.39, 0.29) is 0 Å². The molecule has 1 unspecified atom stereocenters. The van der Waals surface area contributed by atoms with Gasteiger partial charge < -0.3 is 38.3 Å². The Hall–Kier alpha value is -3.32. The summed E-state index contributed by atoms with van der Waals surface area (Å²) in [5.41, 5.74) is 32.1. The molecule has 0 aliphatic heterocycles. The zero-order chi connectivity index (χ0) is 39.5. The third-order valence-electron chi connectivity index (χ3n) is 7.72. The van der Waals surface area contributed by atoms with Crippen molar-refractivity contribution in [3.63, 3.8) is 0 Å². The number of rotatable bonds is 17. The first kappa shape index (κ1) is 49.7. The van der Waals surface area contributed by atoms with Gasteiger partial charge in [0.1, 0.15) is 0 Å². The fraction of sp³-hybridized carbons (Fsp3) is 0.372. The van der Waals surface area contributed by atoms with Crippen LogP contribution in [0.2, 0.25) is 0 Å². The molecule has 0 bridgehead atoms. The van der Waals surface area contributed by atoms with Gasteiger partial charge in [0.25, 0.3) is 0 Å². The molecule has 1 atom stereocenters. The van der Waals surface area contributed by atoms with Crippen molar-refractivity contribution in [2.75, 3.05) is 53.4 Å². The number of nitriles is 1. The van der Waals surface area contributed by atoms with Gasteiger partial charge >= 0.3 is 22.2 Å². The topological polar surface area (TPSA) is 167 Å². The Labute approximate surface area is 332 Å². The van der Waals surface area contributed by atoms with E-state index in [4.69, 9.17) is 33.6 Å². The van der Waals surface area contributed by atoms with Crippen LogP contribution in [-0.2, 0) is 68.3 Å². The van der Waals surface area contributed by atoms with Crippen molar-refractivity contribution in [1.29, 1.82) is 10.7 Å². The van der Waals surface area contributed by atoms with Gasteiger partial charge in [-0.25, -0.2) is 0 Å². The Morgan fingerprint density at radius 1 is 0.642 bits per heavy atom. The molecule has 10 heteroatoms. The number of benzene rings is 4. The average Bonchev–Trinajstić information content (AvgIpc) is 3.16. The predicted octanol–water partition coefficient (Wildman–Crippen LogP) is 5.00. The van der Waals surface area contributed by atoms with Crippen LogP contribution in [0.5, 0.6) is 0 Å². The maximum atomic E-state index is 8.45. The molecule has 0 aromatic heterocycles. The summed E-state index contributed by atoms with van der Waals surface area (Å²) in [7, 11) is 6.72.